The van der Waals surface area contributed by atoms with E-state index in [1.54, 1.807) is 10.1 Å². The Kier molecular flexibility index (Phi) is 8.23. The van der Waals surface area contributed by atoms with Crippen LogP contribution in [0.15, 0.2) is 0 Å². The predicted molar refractivity (Wildman–Crippen MR) is 55.6 cm³/mol. The molecule has 84 valence electrons. The molecule has 0 saturated carbocycles. The van der Waals surface area contributed by atoms with Crippen LogP contribution >= 0.6 is 8.25 Å². The van der Waals surface area contributed by atoms with Crippen LogP contribution in [0, 0.1) is 0 Å². The summed E-state index contributed by atoms with van der Waals surface area (Å²) in [6.45, 7) is 10.5. The van der Waals surface area contributed by atoms with Gasteiger partial charge in [-0.15, -0.1) is 10.1 Å². The topological polar surface area (TPSA) is 42.0 Å². The van der Waals surface area contributed by atoms with E-state index in [4.69, 9.17) is 9.25 Å². The first-order chi connectivity index (χ1) is 6.67. The Labute approximate surface area is 86.8 Å². The molecule has 0 radical (unpaired) electrons. The Hall–Kier alpha value is -0.0600. The average molecular weight is 223 g/mol. The zero-order chi connectivity index (χ0) is 11.0. The fourth-order valence-electron chi connectivity index (χ4n) is 0.882. The molecule has 0 N–H and O–H groups in total. The van der Waals surface area contributed by atoms with Gasteiger partial charge < -0.3 is 0 Å². The van der Waals surface area contributed by atoms with Gasteiger partial charge >= 0.3 is 8.25 Å². The standard InChI is InChI=1S/C8H20N2O3P/c1-5-9(6-2)12-14(11)13-10(7-3)8-4/h5-8H2,1-4H3/q+1. The van der Waals surface area contributed by atoms with E-state index in [-0.39, 0.29) is 0 Å². The van der Waals surface area contributed by atoms with Crippen LogP contribution < -0.4 is 0 Å². The highest BCUT2D eigenvalue weighted by atomic mass is 31.1. The van der Waals surface area contributed by atoms with Gasteiger partial charge in [0.1, 0.15) is 0 Å². The van der Waals surface area contributed by atoms with Crippen LogP contribution in [0.25, 0.3) is 0 Å². The van der Waals surface area contributed by atoms with Crippen molar-refractivity contribution in [1.82, 2.24) is 10.1 Å². The number of rotatable bonds is 8. The van der Waals surface area contributed by atoms with Gasteiger partial charge in [-0.3, -0.25) is 0 Å². The molecule has 0 bridgehead atoms. The van der Waals surface area contributed by atoms with Crippen LogP contribution in [-0.4, -0.2) is 36.3 Å². The molecule has 0 unspecified atom stereocenters. The third-order valence-electron chi connectivity index (χ3n) is 1.78. The van der Waals surface area contributed by atoms with E-state index in [0.717, 1.165) is 0 Å². The van der Waals surface area contributed by atoms with Gasteiger partial charge in [-0.25, -0.2) is 0 Å². The molecule has 0 saturated heterocycles. The molecule has 5 nitrogen and oxygen atoms in total. The van der Waals surface area contributed by atoms with Gasteiger partial charge in [-0.05, 0) is 36.9 Å². The summed E-state index contributed by atoms with van der Waals surface area (Å²) in [7, 11) is -2.08. The smallest absolute Gasteiger partial charge is 0.136 e. The zero-order valence-corrected chi connectivity index (χ0v) is 10.3. The summed E-state index contributed by atoms with van der Waals surface area (Å²) in [6, 6.07) is 0. The highest BCUT2D eigenvalue weighted by Gasteiger charge is 2.28. The molecule has 0 atom stereocenters. The lowest BCUT2D eigenvalue weighted by Crippen LogP contribution is -2.24. The van der Waals surface area contributed by atoms with Crippen LogP contribution in [0.2, 0.25) is 0 Å². The first kappa shape index (κ1) is 13.9. The average Bonchev–Trinajstić information content (AvgIpc) is 2.22. The fourth-order valence-corrected chi connectivity index (χ4v) is 1.75. The van der Waals surface area contributed by atoms with Crippen LogP contribution in [0.3, 0.4) is 0 Å². The maximum absolute atomic E-state index is 11.3. The lowest BCUT2D eigenvalue weighted by molar-refractivity contribution is -0.105. The van der Waals surface area contributed by atoms with Crippen LogP contribution in [0.5, 0.6) is 0 Å². The Morgan fingerprint density at radius 2 is 1.14 bits per heavy atom. The SMILES string of the molecule is CCN(CC)O[P+](=O)ON(CC)CC. The normalized spacial score (nSPS) is 11.3. The lowest BCUT2D eigenvalue weighted by atomic mass is 10.6. The minimum Gasteiger partial charge on any atom is -0.136 e. The molecule has 14 heavy (non-hydrogen) atoms. The van der Waals surface area contributed by atoms with E-state index in [2.05, 4.69) is 0 Å². The Balaban J connectivity index is 3.83. The number of hydrogen-bond acceptors (Lipinski definition) is 5. The highest BCUT2D eigenvalue weighted by Crippen LogP contribution is 2.26. The van der Waals surface area contributed by atoms with Gasteiger partial charge in [-0.1, -0.05) is 0 Å². The summed E-state index contributed by atoms with van der Waals surface area (Å²) in [4.78, 5) is 0. The van der Waals surface area contributed by atoms with Crippen molar-refractivity contribution in [3.8, 4) is 0 Å². The molecule has 0 rings (SSSR count). The van der Waals surface area contributed by atoms with Crippen molar-refractivity contribution in [3.63, 3.8) is 0 Å². The number of nitrogens with zero attached hydrogens (tertiary/aromatic N) is 2. The molecule has 0 spiro atoms. The number of hydroxylamine groups is 4. The zero-order valence-electron chi connectivity index (χ0n) is 9.39. The predicted octanol–water partition coefficient (Wildman–Crippen LogP) is 2.19. The molecule has 0 fully saturated rings. The second kappa shape index (κ2) is 8.26. The van der Waals surface area contributed by atoms with Crippen LogP contribution in [0.4, 0.5) is 0 Å². The van der Waals surface area contributed by atoms with Gasteiger partial charge in [0.25, 0.3) is 0 Å². The third kappa shape index (κ3) is 5.62. The van der Waals surface area contributed by atoms with Gasteiger partial charge in [0.15, 0.2) is 0 Å². The maximum atomic E-state index is 11.3. The van der Waals surface area contributed by atoms with Crippen molar-refractivity contribution in [1.29, 1.82) is 0 Å². The molecular formula is C8H20N2O3P+. The monoisotopic (exact) mass is 223 g/mol. The quantitative estimate of drug-likeness (QED) is 0.466. The van der Waals surface area contributed by atoms with Crippen molar-refractivity contribution in [2.45, 2.75) is 27.7 Å². The van der Waals surface area contributed by atoms with Crippen molar-refractivity contribution < 1.29 is 13.8 Å². The second-order valence-corrected chi connectivity index (χ2v) is 3.39. The summed E-state index contributed by atoms with van der Waals surface area (Å²) in [6.07, 6.45) is 0. The molecule has 0 aromatic heterocycles. The summed E-state index contributed by atoms with van der Waals surface area (Å²) in [5.41, 5.74) is 0. The largest absolute Gasteiger partial charge is 0.735 e. The Morgan fingerprint density at radius 3 is 1.36 bits per heavy atom. The first-order valence-electron chi connectivity index (χ1n) is 5.01. The third-order valence-corrected chi connectivity index (χ3v) is 2.50. The van der Waals surface area contributed by atoms with Crippen molar-refractivity contribution in [2.75, 3.05) is 26.2 Å². The van der Waals surface area contributed by atoms with Gasteiger partial charge in [0.05, 0.1) is 0 Å². The summed E-state index contributed by atoms with van der Waals surface area (Å²) in [5.74, 6) is 0. The maximum Gasteiger partial charge on any atom is 0.735 e. The summed E-state index contributed by atoms with van der Waals surface area (Å²) in [5, 5.41) is 3.20. The van der Waals surface area contributed by atoms with E-state index in [9.17, 15) is 4.57 Å². The van der Waals surface area contributed by atoms with Crippen molar-refractivity contribution in [2.24, 2.45) is 0 Å². The molecule has 0 amide bonds. The van der Waals surface area contributed by atoms with Gasteiger partial charge in [0, 0.05) is 30.7 Å². The molecule has 0 aliphatic heterocycles. The molecule has 0 aliphatic carbocycles. The molecule has 0 heterocycles. The van der Waals surface area contributed by atoms with Gasteiger partial charge in [0.2, 0.25) is 0 Å². The Morgan fingerprint density at radius 1 is 0.857 bits per heavy atom. The van der Waals surface area contributed by atoms with Crippen molar-refractivity contribution in [3.05, 3.63) is 0 Å². The molecule has 0 aromatic carbocycles. The molecular weight excluding hydrogens is 203 g/mol. The van der Waals surface area contributed by atoms with E-state index >= 15 is 0 Å². The van der Waals surface area contributed by atoms with Crippen LogP contribution in [0.1, 0.15) is 27.7 Å². The van der Waals surface area contributed by atoms with E-state index < -0.39 is 8.25 Å². The summed E-state index contributed by atoms with van der Waals surface area (Å²) >= 11 is 0. The molecule has 6 heteroatoms. The molecule has 0 aliphatic rings. The van der Waals surface area contributed by atoms with E-state index in [1.807, 2.05) is 27.7 Å². The van der Waals surface area contributed by atoms with Crippen molar-refractivity contribution >= 4 is 8.25 Å². The first-order valence-corrected chi connectivity index (χ1v) is 6.10. The minimum atomic E-state index is -2.08. The lowest BCUT2D eigenvalue weighted by Gasteiger charge is -2.11. The second-order valence-electron chi connectivity index (χ2n) is 2.62. The van der Waals surface area contributed by atoms with E-state index in [0.29, 0.717) is 26.2 Å². The van der Waals surface area contributed by atoms with Crippen LogP contribution in [-0.2, 0) is 13.8 Å². The fraction of sp³-hybridized carbons (Fsp3) is 1.00. The summed E-state index contributed by atoms with van der Waals surface area (Å²) < 4.78 is 21.4. The Bertz CT molecular complexity index is 145. The molecule has 0 aromatic rings. The van der Waals surface area contributed by atoms with E-state index in [1.165, 1.54) is 0 Å². The minimum absolute atomic E-state index is 0.694. The number of hydrogen-bond donors (Lipinski definition) is 0. The van der Waals surface area contributed by atoms with Gasteiger partial charge in [-0.2, -0.15) is 0 Å². The highest BCUT2D eigenvalue weighted by molar-refractivity contribution is 7.33.